The maximum absolute atomic E-state index is 13.0. The summed E-state index contributed by atoms with van der Waals surface area (Å²) in [5.41, 5.74) is 1.54. The Hall–Kier alpha value is -3.59. The topological polar surface area (TPSA) is 61.2 Å². The first-order chi connectivity index (χ1) is 15.1. The lowest BCUT2D eigenvalue weighted by atomic mass is 10.2. The fourth-order valence-corrected chi connectivity index (χ4v) is 4.06. The number of benzene rings is 3. The maximum atomic E-state index is 13.0. The molecule has 0 aliphatic heterocycles. The highest BCUT2D eigenvalue weighted by Gasteiger charge is 2.32. The van der Waals surface area contributed by atoms with Gasteiger partial charge in [-0.25, -0.2) is 0 Å². The number of alkyl halides is 3. The first kappa shape index (κ1) is 21.6. The van der Waals surface area contributed by atoms with Crippen LogP contribution in [0.3, 0.4) is 0 Å². The Morgan fingerprint density at radius 1 is 0.875 bits per heavy atom. The normalized spacial score (nSPS) is 12.0. The summed E-state index contributed by atoms with van der Waals surface area (Å²) in [7, 11) is -4.57. The van der Waals surface area contributed by atoms with Gasteiger partial charge in [0.1, 0.15) is 4.90 Å². The minimum atomic E-state index is -4.69. The molecule has 9 heteroatoms. The molecule has 1 aromatic heterocycles. The van der Waals surface area contributed by atoms with E-state index in [1.54, 1.807) is 42.5 Å². The van der Waals surface area contributed by atoms with E-state index in [0.717, 1.165) is 29.3 Å². The fraction of sp³-hybridized carbons (Fsp3) is 0.0870. The third-order valence-corrected chi connectivity index (χ3v) is 5.86. The van der Waals surface area contributed by atoms with Crippen LogP contribution in [0.2, 0.25) is 0 Å². The summed E-state index contributed by atoms with van der Waals surface area (Å²) < 4.78 is 71.4. The lowest BCUT2D eigenvalue weighted by Crippen LogP contribution is -2.14. The zero-order chi connectivity index (χ0) is 22.9. The van der Waals surface area contributed by atoms with Gasteiger partial charge in [0.15, 0.2) is 0 Å². The molecule has 0 spiro atoms. The van der Waals surface area contributed by atoms with E-state index in [9.17, 15) is 21.6 Å². The van der Waals surface area contributed by atoms with E-state index >= 15 is 0 Å². The van der Waals surface area contributed by atoms with E-state index in [-0.39, 0.29) is 5.88 Å². The average molecular weight is 458 g/mol. The van der Waals surface area contributed by atoms with Gasteiger partial charge in [-0.2, -0.15) is 31.4 Å². The summed E-state index contributed by atoms with van der Waals surface area (Å²) in [5, 5.41) is 4.47. The standard InChI is InChI=1S/C23H17F3N2O3S/c1-16-7-5-11-19(13-16)28-22(15-21(27-28)17-8-3-2-4-9-17)31-32(29,30)20-12-6-10-18(14-20)23(24,25)26/h2-15H,1H3. The number of halogens is 3. The molecule has 0 saturated heterocycles. The Bertz CT molecular complexity index is 1360. The first-order valence-electron chi connectivity index (χ1n) is 9.48. The second kappa shape index (κ2) is 8.16. The molecule has 5 nitrogen and oxygen atoms in total. The summed E-state index contributed by atoms with van der Waals surface area (Å²) in [5.74, 6) is -0.146. The van der Waals surface area contributed by atoms with Gasteiger partial charge in [0.2, 0.25) is 5.88 Å². The Labute approximate surface area is 182 Å². The lowest BCUT2D eigenvalue weighted by Gasteiger charge is -2.11. The summed E-state index contributed by atoms with van der Waals surface area (Å²) in [6.07, 6.45) is -4.69. The SMILES string of the molecule is Cc1cccc(-n2nc(-c3ccccc3)cc2OS(=O)(=O)c2cccc(C(F)(F)F)c2)c1. The van der Waals surface area contributed by atoms with E-state index in [0.29, 0.717) is 17.4 Å². The van der Waals surface area contributed by atoms with Gasteiger partial charge in [-0.15, -0.1) is 0 Å². The van der Waals surface area contributed by atoms with Crippen LogP contribution in [0.4, 0.5) is 13.2 Å². The molecule has 164 valence electrons. The molecule has 0 fully saturated rings. The van der Waals surface area contributed by atoms with Crippen molar-refractivity contribution in [3.63, 3.8) is 0 Å². The van der Waals surface area contributed by atoms with Crippen LogP contribution in [-0.2, 0) is 16.3 Å². The second-order valence-electron chi connectivity index (χ2n) is 7.05. The van der Waals surface area contributed by atoms with Crippen molar-refractivity contribution in [1.82, 2.24) is 9.78 Å². The van der Waals surface area contributed by atoms with Crippen LogP contribution in [0.15, 0.2) is 89.8 Å². The van der Waals surface area contributed by atoms with Crippen molar-refractivity contribution in [2.75, 3.05) is 0 Å². The van der Waals surface area contributed by atoms with Crippen LogP contribution in [-0.4, -0.2) is 18.2 Å². The number of aryl methyl sites for hydroxylation is 1. The number of hydrogen-bond donors (Lipinski definition) is 0. The van der Waals surface area contributed by atoms with Crippen LogP contribution in [0.5, 0.6) is 5.88 Å². The summed E-state index contributed by atoms with van der Waals surface area (Å²) in [4.78, 5) is -0.606. The van der Waals surface area contributed by atoms with E-state index in [4.69, 9.17) is 4.18 Å². The molecule has 0 atom stereocenters. The van der Waals surface area contributed by atoms with Crippen LogP contribution >= 0.6 is 0 Å². The molecule has 0 N–H and O–H groups in total. The molecule has 3 aromatic carbocycles. The van der Waals surface area contributed by atoms with Gasteiger partial charge in [0, 0.05) is 11.6 Å². The molecular formula is C23H17F3N2O3S. The third-order valence-electron chi connectivity index (χ3n) is 4.64. The van der Waals surface area contributed by atoms with Gasteiger partial charge in [-0.1, -0.05) is 48.5 Å². The van der Waals surface area contributed by atoms with Gasteiger partial charge in [-0.3, -0.25) is 0 Å². The molecule has 0 saturated carbocycles. The predicted molar refractivity (Wildman–Crippen MR) is 113 cm³/mol. The van der Waals surface area contributed by atoms with Crippen molar-refractivity contribution in [2.45, 2.75) is 18.0 Å². The van der Waals surface area contributed by atoms with E-state index < -0.39 is 26.8 Å². The quantitative estimate of drug-likeness (QED) is 0.364. The fourth-order valence-electron chi connectivity index (χ4n) is 3.11. The Morgan fingerprint density at radius 3 is 2.28 bits per heavy atom. The van der Waals surface area contributed by atoms with E-state index in [1.807, 2.05) is 19.1 Å². The largest absolute Gasteiger partial charge is 0.416 e. The van der Waals surface area contributed by atoms with Gasteiger partial charge >= 0.3 is 16.3 Å². The highest BCUT2D eigenvalue weighted by molar-refractivity contribution is 7.87. The molecule has 32 heavy (non-hydrogen) atoms. The summed E-state index contributed by atoms with van der Waals surface area (Å²) in [6.45, 7) is 1.87. The van der Waals surface area contributed by atoms with Crippen molar-refractivity contribution < 1.29 is 25.8 Å². The zero-order valence-electron chi connectivity index (χ0n) is 16.7. The van der Waals surface area contributed by atoms with E-state index in [1.165, 1.54) is 10.7 Å². The molecule has 0 aliphatic rings. The smallest absolute Gasteiger partial charge is 0.358 e. The zero-order valence-corrected chi connectivity index (χ0v) is 17.6. The third kappa shape index (κ3) is 4.52. The molecule has 1 heterocycles. The van der Waals surface area contributed by atoms with Gasteiger partial charge in [0.05, 0.1) is 16.9 Å². The molecule has 4 aromatic rings. The maximum Gasteiger partial charge on any atom is 0.416 e. The van der Waals surface area contributed by atoms with Crippen molar-refractivity contribution in [3.05, 3.63) is 96.1 Å². The Morgan fingerprint density at radius 2 is 1.59 bits per heavy atom. The van der Waals surface area contributed by atoms with Crippen LogP contribution < -0.4 is 4.18 Å². The molecule has 0 bridgehead atoms. The summed E-state index contributed by atoms with van der Waals surface area (Å²) in [6, 6.07) is 21.0. The highest BCUT2D eigenvalue weighted by atomic mass is 32.2. The molecule has 4 rings (SSSR count). The van der Waals surface area contributed by atoms with Crippen LogP contribution in [0, 0.1) is 6.92 Å². The molecule has 0 amide bonds. The first-order valence-corrected chi connectivity index (χ1v) is 10.9. The Balaban J connectivity index is 1.80. The molecule has 0 radical (unpaired) electrons. The molecular weight excluding hydrogens is 441 g/mol. The molecule has 0 aliphatic carbocycles. The van der Waals surface area contributed by atoms with Crippen LogP contribution in [0.25, 0.3) is 16.9 Å². The van der Waals surface area contributed by atoms with Gasteiger partial charge in [0.25, 0.3) is 0 Å². The van der Waals surface area contributed by atoms with Gasteiger partial charge < -0.3 is 4.18 Å². The van der Waals surface area contributed by atoms with Crippen molar-refractivity contribution in [1.29, 1.82) is 0 Å². The predicted octanol–water partition coefficient (Wildman–Crippen LogP) is 5.63. The Kier molecular flexibility index (Phi) is 5.52. The summed E-state index contributed by atoms with van der Waals surface area (Å²) >= 11 is 0. The number of rotatable bonds is 5. The van der Waals surface area contributed by atoms with Crippen molar-refractivity contribution in [2.24, 2.45) is 0 Å². The second-order valence-corrected chi connectivity index (χ2v) is 8.59. The van der Waals surface area contributed by atoms with Gasteiger partial charge in [-0.05, 0) is 42.8 Å². The molecule has 0 unspecified atom stereocenters. The highest BCUT2D eigenvalue weighted by Crippen LogP contribution is 2.32. The number of hydrogen-bond acceptors (Lipinski definition) is 4. The number of nitrogens with zero attached hydrogens (tertiary/aromatic N) is 2. The number of aromatic nitrogens is 2. The monoisotopic (exact) mass is 458 g/mol. The van der Waals surface area contributed by atoms with Crippen molar-refractivity contribution in [3.8, 4) is 22.8 Å². The minimum absolute atomic E-state index is 0.146. The lowest BCUT2D eigenvalue weighted by molar-refractivity contribution is -0.137. The minimum Gasteiger partial charge on any atom is -0.358 e. The van der Waals surface area contributed by atoms with Crippen molar-refractivity contribution >= 4 is 10.1 Å². The van der Waals surface area contributed by atoms with E-state index in [2.05, 4.69) is 5.10 Å². The average Bonchev–Trinajstić information content (AvgIpc) is 3.17. The van der Waals surface area contributed by atoms with Crippen LogP contribution in [0.1, 0.15) is 11.1 Å².